The number of sulfonamides is 1. The normalized spacial score (nSPS) is 18.7. The maximum absolute atomic E-state index is 13.1. The zero-order valence-corrected chi connectivity index (χ0v) is 17.7. The van der Waals surface area contributed by atoms with Gasteiger partial charge >= 0.3 is 13.3 Å². The Morgan fingerprint density at radius 1 is 1.04 bits per heavy atom. The average Bonchev–Trinajstić information content (AvgIpc) is 2.65. The molecule has 10 heteroatoms. The minimum atomic E-state index is -4.60. The molecule has 1 aromatic rings. The molecule has 5 nitrogen and oxygen atoms in total. The van der Waals surface area contributed by atoms with Crippen LogP contribution in [0.2, 0.25) is 0 Å². The lowest BCUT2D eigenvalue weighted by Crippen LogP contribution is -2.41. The zero-order chi connectivity index (χ0) is 21.4. The SMILES string of the molecule is CC.Cc1cc(C(F)(F)F)cc(NS(C)(=O)=O)c1B1OC(C)(C)C(C)(C)O1. The minimum Gasteiger partial charge on any atom is -0.399 e. The van der Waals surface area contributed by atoms with Crippen LogP contribution in [0.15, 0.2) is 12.1 Å². The highest BCUT2D eigenvalue weighted by Gasteiger charge is 2.53. The molecule has 0 bridgehead atoms. The van der Waals surface area contributed by atoms with Crippen LogP contribution in [-0.2, 0) is 25.5 Å². The molecule has 0 unspecified atom stereocenters. The fourth-order valence-electron chi connectivity index (χ4n) is 2.52. The topological polar surface area (TPSA) is 64.6 Å². The Hall–Kier alpha value is -1.26. The lowest BCUT2D eigenvalue weighted by atomic mass is 9.74. The molecule has 1 saturated heterocycles. The molecule has 0 aliphatic carbocycles. The van der Waals surface area contributed by atoms with Crippen molar-refractivity contribution in [1.29, 1.82) is 0 Å². The number of rotatable bonds is 3. The van der Waals surface area contributed by atoms with Crippen molar-refractivity contribution in [2.45, 2.75) is 65.8 Å². The fraction of sp³-hybridized carbons (Fsp3) is 0.647. The van der Waals surface area contributed by atoms with Crippen LogP contribution in [-0.4, -0.2) is 33.0 Å². The maximum Gasteiger partial charge on any atom is 0.497 e. The van der Waals surface area contributed by atoms with Crippen LogP contribution in [0.5, 0.6) is 0 Å². The first-order chi connectivity index (χ1) is 12.0. The third-order valence-corrected chi connectivity index (χ3v) is 5.09. The van der Waals surface area contributed by atoms with Crippen LogP contribution in [0.4, 0.5) is 18.9 Å². The Labute approximate surface area is 159 Å². The number of nitrogens with one attached hydrogen (secondary N) is 1. The Balaban J connectivity index is 0.00000176. The number of hydrogen-bond acceptors (Lipinski definition) is 4. The van der Waals surface area contributed by atoms with Gasteiger partial charge in [0.15, 0.2) is 0 Å². The second-order valence-electron chi connectivity index (χ2n) is 7.21. The molecule has 1 aliphatic rings. The van der Waals surface area contributed by atoms with Crippen molar-refractivity contribution in [3.05, 3.63) is 23.3 Å². The number of benzene rings is 1. The van der Waals surface area contributed by atoms with Crippen molar-refractivity contribution in [3.8, 4) is 0 Å². The minimum absolute atomic E-state index is 0.201. The molecular formula is C17H27BF3NO4S. The van der Waals surface area contributed by atoms with E-state index in [4.69, 9.17) is 9.31 Å². The van der Waals surface area contributed by atoms with E-state index in [1.807, 2.05) is 13.8 Å². The van der Waals surface area contributed by atoms with Crippen LogP contribution >= 0.6 is 0 Å². The summed E-state index contributed by atoms with van der Waals surface area (Å²) in [6.07, 6.45) is -3.73. The summed E-state index contributed by atoms with van der Waals surface area (Å²) in [5.74, 6) is 0. The molecule has 1 heterocycles. The summed E-state index contributed by atoms with van der Waals surface area (Å²) in [4.78, 5) is 0. The zero-order valence-electron chi connectivity index (χ0n) is 16.9. The third-order valence-electron chi connectivity index (χ3n) is 4.50. The summed E-state index contributed by atoms with van der Waals surface area (Å²) in [7, 11) is -4.78. The predicted molar refractivity (Wildman–Crippen MR) is 102 cm³/mol. The molecule has 0 saturated carbocycles. The van der Waals surface area contributed by atoms with Gasteiger partial charge in [0.1, 0.15) is 0 Å². The predicted octanol–water partition coefficient (Wildman–Crippen LogP) is 3.71. The number of aryl methyl sites for hydroxylation is 1. The van der Waals surface area contributed by atoms with E-state index in [2.05, 4.69) is 4.72 Å². The van der Waals surface area contributed by atoms with Gasteiger partial charge in [-0.25, -0.2) is 8.42 Å². The first kappa shape index (κ1) is 23.8. The second-order valence-corrected chi connectivity index (χ2v) is 8.96. The molecule has 0 radical (unpaired) electrons. The summed E-state index contributed by atoms with van der Waals surface area (Å²) in [6, 6.07) is 1.71. The van der Waals surface area contributed by atoms with Crippen molar-refractivity contribution in [2.75, 3.05) is 11.0 Å². The summed E-state index contributed by atoms with van der Waals surface area (Å²) >= 11 is 0. The lowest BCUT2D eigenvalue weighted by molar-refractivity contribution is -0.137. The largest absolute Gasteiger partial charge is 0.497 e. The highest BCUT2D eigenvalue weighted by atomic mass is 32.2. The van der Waals surface area contributed by atoms with E-state index in [-0.39, 0.29) is 16.7 Å². The molecule has 2 rings (SSSR count). The molecule has 1 aromatic carbocycles. The van der Waals surface area contributed by atoms with Gasteiger partial charge in [-0.1, -0.05) is 13.8 Å². The van der Waals surface area contributed by atoms with Crippen LogP contribution in [0, 0.1) is 6.92 Å². The Morgan fingerprint density at radius 3 is 1.85 bits per heavy atom. The number of hydrogen-bond donors (Lipinski definition) is 1. The van der Waals surface area contributed by atoms with Crippen molar-refractivity contribution >= 4 is 28.3 Å². The smallest absolute Gasteiger partial charge is 0.399 e. The quantitative estimate of drug-likeness (QED) is 0.774. The van der Waals surface area contributed by atoms with Gasteiger partial charge < -0.3 is 9.31 Å². The molecule has 0 amide bonds. The Morgan fingerprint density at radius 2 is 1.48 bits per heavy atom. The summed E-state index contributed by atoms with van der Waals surface area (Å²) in [5, 5.41) is 0. The molecule has 1 N–H and O–H groups in total. The lowest BCUT2D eigenvalue weighted by Gasteiger charge is -2.32. The average molecular weight is 409 g/mol. The van der Waals surface area contributed by atoms with Gasteiger partial charge in [0.25, 0.3) is 0 Å². The van der Waals surface area contributed by atoms with E-state index in [1.54, 1.807) is 27.7 Å². The van der Waals surface area contributed by atoms with Crippen LogP contribution in [0.1, 0.15) is 52.7 Å². The molecule has 154 valence electrons. The van der Waals surface area contributed by atoms with Gasteiger partial charge in [0, 0.05) is 11.2 Å². The molecular weight excluding hydrogens is 382 g/mol. The Bertz CT molecular complexity index is 776. The van der Waals surface area contributed by atoms with E-state index < -0.39 is 40.1 Å². The maximum atomic E-state index is 13.1. The second kappa shape index (κ2) is 7.64. The van der Waals surface area contributed by atoms with Crippen molar-refractivity contribution in [2.24, 2.45) is 0 Å². The number of anilines is 1. The van der Waals surface area contributed by atoms with Crippen LogP contribution in [0.3, 0.4) is 0 Å². The number of alkyl halides is 3. The molecule has 1 fully saturated rings. The van der Waals surface area contributed by atoms with Gasteiger partial charge in [-0.15, -0.1) is 0 Å². The molecule has 0 aromatic heterocycles. The van der Waals surface area contributed by atoms with Crippen molar-refractivity contribution in [1.82, 2.24) is 0 Å². The highest BCUT2D eigenvalue weighted by Crippen LogP contribution is 2.38. The fourth-order valence-corrected chi connectivity index (χ4v) is 3.09. The first-order valence-corrected chi connectivity index (χ1v) is 10.5. The summed E-state index contributed by atoms with van der Waals surface area (Å²) in [5.41, 5.74) is -2.12. The molecule has 0 spiro atoms. The van der Waals surface area contributed by atoms with E-state index in [1.165, 1.54) is 6.92 Å². The van der Waals surface area contributed by atoms with Crippen LogP contribution in [0.25, 0.3) is 0 Å². The van der Waals surface area contributed by atoms with Gasteiger partial charge in [-0.05, 0) is 52.3 Å². The van der Waals surface area contributed by atoms with E-state index in [0.29, 0.717) is 0 Å². The van der Waals surface area contributed by atoms with E-state index >= 15 is 0 Å². The summed E-state index contributed by atoms with van der Waals surface area (Å²) < 4.78 is 76.4. The summed E-state index contributed by atoms with van der Waals surface area (Å²) in [6.45, 7) is 12.7. The Kier molecular flexibility index (Phi) is 6.73. The number of halogens is 3. The third kappa shape index (κ3) is 5.39. The van der Waals surface area contributed by atoms with Crippen molar-refractivity contribution in [3.63, 3.8) is 0 Å². The monoisotopic (exact) mass is 409 g/mol. The van der Waals surface area contributed by atoms with Crippen molar-refractivity contribution < 1.29 is 30.9 Å². The van der Waals surface area contributed by atoms with Gasteiger partial charge in [0.05, 0.1) is 23.0 Å². The van der Waals surface area contributed by atoms with E-state index in [0.717, 1.165) is 18.4 Å². The van der Waals surface area contributed by atoms with E-state index in [9.17, 15) is 21.6 Å². The van der Waals surface area contributed by atoms with Gasteiger partial charge in [-0.3, -0.25) is 4.72 Å². The molecule has 27 heavy (non-hydrogen) atoms. The van der Waals surface area contributed by atoms with Crippen LogP contribution < -0.4 is 10.2 Å². The molecule has 0 atom stereocenters. The van der Waals surface area contributed by atoms with Gasteiger partial charge in [0.2, 0.25) is 10.0 Å². The van der Waals surface area contributed by atoms with Gasteiger partial charge in [-0.2, -0.15) is 13.2 Å². The standard InChI is InChI=1S/C15H21BF3NO4S.C2H6/c1-9-7-10(15(17,18)19)8-11(20-25(6,21)22)12(9)16-23-13(2,3)14(4,5)24-16;1-2/h7-8,20H,1-6H3;1-2H3. The first-order valence-electron chi connectivity index (χ1n) is 8.59. The molecule has 1 aliphatic heterocycles. The highest BCUT2D eigenvalue weighted by molar-refractivity contribution is 7.92.